The molecule has 0 radical (unpaired) electrons. The smallest absolute Gasteiger partial charge is 0.270 e. The molecule has 3 aromatic rings. The maximum Gasteiger partial charge on any atom is 0.270 e. The van der Waals surface area contributed by atoms with E-state index < -0.39 is 21.8 Å². The predicted octanol–water partition coefficient (Wildman–Crippen LogP) is 3.30. The third kappa shape index (κ3) is 3.77. The molecule has 31 heavy (non-hydrogen) atoms. The van der Waals surface area contributed by atoms with Crippen molar-refractivity contribution in [2.24, 2.45) is 0 Å². The van der Waals surface area contributed by atoms with Crippen LogP contribution >= 0.6 is 0 Å². The number of aryl methyl sites for hydroxylation is 1. The van der Waals surface area contributed by atoms with Crippen LogP contribution in [0.15, 0.2) is 57.0 Å². The Hall–Kier alpha value is -3.30. The molecule has 1 aromatic carbocycles. The van der Waals surface area contributed by atoms with Gasteiger partial charge in [0.05, 0.1) is 11.1 Å². The van der Waals surface area contributed by atoms with Crippen molar-refractivity contribution in [2.75, 3.05) is 5.32 Å². The minimum Gasteiger partial charge on any atom is -0.461 e. The lowest BCUT2D eigenvalue weighted by Crippen LogP contribution is -2.24. The summed E-state index contributed by atoms with van der Waals surface area (Å²) in [6.07, 6.45) is 1.43. The van der Waals surface area contributed by atoms with E-state index >= 15 is 0 Å². The van der Waals surface area contributed by atoms with Gasteiger partial charge in [0.15, 0.2) is 11.2 Å². The number of carbonyl (C=O) groups is 1. The standard InChI is InChI=1S/C22H20N2O6S/c1-11-9-18(26)14-5-4-6-15(22(14)30-11)20-19(13(3)25)12(2)24-16-7-8-23-17(21(16)20)10-31(27,28)29/h4-9,20,24H,10H2,1-3H3,(H,27,28,29). The van der Waals surface area contributed by atoms with Gasteiger partial charge in [0.25, 0.3) is 10.1 Å². The highest BCUT2D eigenvalue weighted by molar-refractivity contribution is 7.85. The molecule has 0 saturated carbocycles. The molecular weight excluding hydrogens is 420 g/mol. The molecule has 0 fully saturated rings. The van der Waals surface area contributed by atoms with Gasteiger partial charge >= 0.3 is 0 Å². The zero-order chi connectivity index (χ0) is 22.5. The summed E-state index contributed by atoms with van der Waals surface area (Å²) in [6.45, 7) is 4.83. The molecule has 1 aliphatic rings. The number of aromatic nitrogens is 1. The van der Waals surface area contributed by atoms with Crippen molar-refractivity contribution in [3.05, 3.63) is 80.6 Å². The quantitative estimate of drug-likeness (QED) is 0.592. The lowest BCUT2D eigenvalue weighted by Gasteiger charge is -2.31. The van der Waals surface area contributed by atoms with Crippen molar-refractivity contribution in [1.82, 2.24) is 4.98 Å². The fraction of sp³-hybridized carbons (Fsp3) is 0.227. The van der Waals surface area contributed by atoms with Crippen LogP contribution in [0.2, 0.25) is 0 Å². The van der Waals surface area contributed by atoms with Gasteiger partial charge < -0.3 is 9.73 Å². The number of ketones is 1. The van der Waals surface area contributed by atoms with Crippen LogP contribution in [0.25, 0.3) is 11.0 Å². The lowest BCUT2D eigenvalue weighted by atomic mass is 9.78. The number of benzene rings is 1. The van der Waals surface area contributed by atoms with Gasteiger partial charge in [-0.2, -0.15) is 8.42 Å². The fourth-order valence-corrected chi connectivity index (χ4v) is 4.76. The van der Waals surface area contributed by atoms with E-state index in [4.69, 9.17) is 4.42 Å². The molecule has 160 valence electrons. The Morgan fingerprint density at radius 1 is 1.26 bits per heavy atom. The van der Waals surface area contributed by atoms with Crippen LogP contribution in [0.3, 0.4) is 0 Å². The van der Waals surface area contributed by atoms with Crippen molar-refractivity contribution in [2.45, 2.75) is 32.4 Å². The van der Waals surface area contributed by atoms with Crippen molar-refractivity contribution in [3.63, 3.8) is 0 Å². The van der Waals surface area contributed by atoms with Crippen molar-refractivity contribution >= 4 is 32.6 Å². The van der Waals surface area contributed by atoms with Crippen LogP contribution in [0.4, 0.5) is 5.69 Å². The highest BCUT2D eigenvalue weighted by atomic mass is 32.2. The van der Waals surface area contributed by atoms with E-state index in [1.54, 1.807) is 38.1 Å². The van der Waals surface area contributed by atoms with Gasteiger partial charge in [-0.1, -0.05) is 12.1 Å². The summed E-state index contributed by atoms with van der Waals surface area (Å²) in [5.74, 6) is -1.28. The largest absolute Gasteiger partial charge is 0.461 e. The van der Waals surface area contributed by atoms with Crippen LogP contribution in [0.5, 0.6) is 0 Å². The first kappa shape index (κ1) is 21.0. The Kier molecular flexibility index (Phi) is 5.03. The molecule has 1 aliphatic heterocycles. The van der Waals surface area contributed by atoms with Crippen LogP contribution in [0, 0.1) is 6.92 Å². The number of pyridine rings is 1. The van der Waals surface area contributed by atoms with Crippen LogP contribution in [-0.2, 0) is 20.7 Å². The molecule has 8 nitrogen and oxygen atoms in total. The van der Waals surface area contributed by atoms with Gasteiger partial charge in [-0.15, -0.1) is 0 Å². The summed E-state index contributed by atoms with van der Waals surface area (Å²) in [4.78, 5) is 29.4. The number of carbonyl (C=O) groups excluding carboxylic acids is 1. The van der Waals surface area contributed by atoms with Crippen molar-refractivity contribution in [3.8, 4) is 0 Å². The van der Waals surface area contributed by atoms with Crippen molar-refractivity contribution in [1.29, 1.82) is 0 Å². The van der Waals surface area contributed by atoms with Gasteiger partial charge in [-0.3, -0.25) is 19.1 Å². The highest BCUT2D eigenvalue weighted by Crippen LogP contribution is 2.45. The average Bonchev–Trinajstić information content (AvgIpc) is 2.65. The van der Waals surface area contributed by atoms with Crippen LogP contribution in [-0.4, -0.2) is 23.7 Å². The highest BCUT2D eigenvalue weighted by Gasteiger charge is 2.35. The molecule has 0 amide bonds. The summed E-state index contributed by atoms with van der Waals surface area (Å²) in [5.41, 5.74) is 2.74. The van der Waals surface area contributed by atoms with Gasteiger partial charge in [-0.25, -0.2) is 0 Å². The zero-order valence-electron chi connectivity index (χ0n) is 17.1. The first-order valence-electron chi connectivity index (χ1n) is 9.52. The second kappa shape index (κ2) is 7.44. The Bertz CT molecular complexity index is 1440. The molecule has 1 atom stereocenters. The molecular formula is C22H20N2O6S. The maximum absolute atomic E-state index is 12.7. The molecule has 0 spiro atoms. The van der Waals surface area contributed by atoms with E-state index in [0.717, 1.165) is 0 Å². The molecule has 2 aromatic heterocycles. The second-order valence-corrected chi connectivity index (χ2v) is 9.00. The van der Waals surface area contributed by atoms with Gasteiger partial charge in [0.1, 0.15) is 17.1 Å². The number of fused-ring (bicyclic) bond motifs is 2. The van der Waals surface area contributed by atoms with Crippen molar-refractivity contribution < 1.29 is 22.2 Å². The molecule has 4 rings (SSSR count). The Labute approximate surface area is 178 Å². The topological polar surface area (TPSA) is 127 Å². The number of nitrogens with one attached hydrogen (secondary N) is 1. The summed E-state index contributed by atoms with van der Waals surface area (Å²) < 4.78 is 38.7. The number of Topliss-reactive ketones (excluding diaryl/α,β-unsaturated/α-hetero) is 1. The van der Waals surface area contributed by atoms with Gasteiger partial charge in [0, 0.05) is 46.3 Å². The number of hydrogen-bond donors (Lipinski definition) is 2. The zero-order valence-corrected chi connectivity index (χ0v) is 17.9. The van der Waals surface area contributed by atoms with Crippen LogP contribution in [0.1, 0.15) is 42.3 Å². The number of rotatable bonds is 4. The molecule has 2 N–H and O–H groups in total. The Morgan fingerprint density at radius 3 is 2.68 bits per heavy atom. The van der Waals surface area contributed by atoms with E-state index in [1.807, 2.05) is 0 Å². The van der Waals surface area contributed by atoms with E-state index in [2.05, 4.69) is 10.3 Å². The van der Waals surface area contributed by atoms with E-state index in [0.29, 0.717) is 44.8 Å². The SMILES string of the molecule is CC(=O)C1=C(C)Nc2ccnc(CS(=O)(=O)O)c2C1c1cccc2c(=O)cc(C)oc12. The molecule has 0 saturated heterocycles. The first-order chi connectivity index (χ1) is 14.6. The molecule has 3 heterocycles. The maximum atomic E-state index is 12.7. The third-order valence-electron chi connectivity index (χ3n) is 5.29. The molecule has 0 bridgehead atoms. The normalized spacial score (nSPS) is 16.2. The van der Waals surface area contributed by atoms with E-state index in [9.17, 15) is 22.6 Å². The fourth-order valence-electron chi connectivity index (χ4n) is 4.19. The monoisotopic (exact) mass is 440 g/mol. The van der Waals surface area contributed by atoms with Gasteiger partial charge in [0.2, 0.25) is 0 Å². The summed E-state index contributed by atoms with van der Waals surface area (Å²) in [7, 11) is -4.39. The lowest BCUT2D eigenvalue weighted by molar-refractivity contribution is -0.113. The number of anilines is 1. The third-order valence-corrected chi connectivity index (χ3v) is 5.93. The van der Waals surface area contributed by atoms with Crippen LogP contribution < -0.4 is 10.7 Å². The number of nitrogens with zero attached hydrogens (tertiary/aromatic N) is 1. The predicted molar refractivity (Wildman–Crippen MR) is 116 cm³/mol. The van der Waals surface area contributed by atoms with E-state index in [1.165, 1.54) is 19.2 Å². The summed E-state index contributed by atoms with van der Waals surface area (Å²) >= 11 is 0. The summed E-state index contributed by atoms with van der Waals surface area (Å²) in [5, 5.41) is 3.49. The molecule has 9 heteroatoms. The number of para-hydroxylation sites is 1. The number of hydrogen-bond acceptors (Lipinski definition) is 7. The summed E-state index contributed by atoms with van der Waals surface area (Å²) in [6, 6.07) is 8.13. The molecule has 1 unspecified atom stereocenters. The Balaban J connectivity index is 2.12. The van der Waals surface area contributed by atoms with Gasteiger partial charge in [-0.05, 0) is 32.9 Å². The minimum absolute atomic E-state index is 0.107. The average molecular weight is 440 g/mol. The first-order valence-corrected chi connectivity index (χ1v) is 11.1. The minimum atomic E-state index is -4.39. The number of allylic oxidation sites excluding steroid dienone is 2. The van der Waals surface area contributed by atoms with E-state index in [-0.39, 0.29) is 16.9 Å². The Morgan fingerprint density at radius 2 is 2.00 bits per heavy atom. The second-order valence-electron chi connectivity index (χ2n) is 7.54. The molecule has 0 aliphatic carbocycles.